The zero-order chi connectivity index (χ0) is 14.8. The number of halogens is 1. The summed E-state index contributed by atoms with van der Waals surface area (Å²) < 4.78 is 5.15. The van der Waals surface area contributed by atoms with Crippen LogP contribution in [0.15, 0.2) is 18.2 Å². The lowest BCUT2D eigenvalue weighted by atomic mass is 10.00. The molecule has 114 valence electrons. The molecule has 0 spiro atoms. The van der Waals surface area contributed by atoms with Crippen molar-refractivity contribution in [3.8, 4) is 5.75 Å². The van der Waals surface area contributed by atoms with Crippen molar-refractivity contribution in [1.29, 1.82) is 0 Å². The van der Waals surface area contributed by atoms with Gasteiger partial charge in [-0.2, -0.15) is 0 Å². The van der Waals surface area contributed by atoms with Gasteiger partial charge < -0.3 is 10.5 Å². The van der Waals surface area contributed by atoms with Crippen LogP contribution in [-0.4, -0.2) is 7.11 Å². The normalized spacial score (nSPS) is 12.4. The number of benzene rings is 1. The maximum atomic E-state index is 6.22. The molecule has 20 heavy (non-hydrogen) atoms. The lowest BCUT2D eigenvalue weighted by molar-refractivity contribution is 0.414. The summed E-state index contributed by atoms with van der Waals surface area (Å²) in [5.74, 6) is 0.707. The van der Waals surface area contributed by atoms with E-state index in [2.05, 4.69) is 6.92 Å². The van der Waals surface area contributed by atoms with Crippen LogP contribution in [0.4, 0.5) is 0 Å². The Morgan fingerprint density at radius 1 is 1.10 bits per heavy atom. The van der Waals surface area contributed by atoms with Crippen molar-refractivity contribution >= 4 is 11.6 Å². The summed E-state index contributed by atoms with van der Waals surface area (Å²) in [6.07, 6.45) is 10.2. The van der Waals surface area contributed by atoms with Crippen LogP contribution < -0.4 is 10.5 Å². The van der Waals surface area contributed by atoms with E-state index in [9.17, 15) is 0 Å². The Morgan fingerprint density at radius 3 is 2.35 bits per heavy atom. The molecule has 0 aromatic heterocycles. The highest BCUT2D eigenvalue weighted by Crippen LogP contribution is 2.28. The second-order valence-corrected chi connectivity index (χ2v) is 5.82. The van der Waals surface area contributed by atoms with Crippen molar-refractivity contribution in [2.24, 2.45) is 5.73 Å². The number of unbranched alkanes of at least 4 members (excludes halogenated alkanes) is 6. The molecule has 1 rings (SSSR count). The Hall–Kier alpha value is -0.730. The number of ether oxygens (including phenoxy) is 1. The first-order valence-electron chi connectivity index (χ1n) is 7.78. The molecule has 3 heteroatoms. The molecule has 0 aliphatic rings. The van der Waals surface area contributed by atoms with Gasteiger partial charge in [-0.05, 0) is 24.1 Å². The molecule has 0 fully saturated rings. The van der Waals surface area contributed by atoms with Crippen LogP contribution in [0.3, 0.4) is 0 Å². The van der Waals surface area contributed by atoms with Crippen molar-refractivity contribution in [2.75, 3.05) is 7.11 Å². The van der Waals surface area contributed by atoms with Crippen molar-refractivity contribution in [3.05, 3.63) is 28.8 Å². The maximum Gasteiger partial charge on any atom is 0.137 e. The second-order valence-electron chi connectivity index (χ2n) is 5.41. The molecular weight excluding hydrogens is 270 g/mol. The fraction of sp³-hybridized carbons (Fsp3) is 0.647. The molecule has 0 radical (unpaired) electrons. The van der Waals surface area contributed by atoms with Gasteiger partial charge in [-0.1, -0.05) is 69.5 Å². The van der Waals surface area contributed by atoms with Gasteiger partial charge in [0.1, 0.15) is 5.75 Å². The van der Waals surface area contributed by atoms with E-state index < -0.39 is 0 Å². The molecule has 0 aliphatic carbocycles. The fourth-order valence-corrected chi connectivity index (χ4v) is 2.67. The molecule has 1 aromatic rings. The van der Waals surface area contributed by atoms with Crippen LogP contribution in [0.25, 0.3) is 0 Å². The summed E-state index contributed by atoms with van der Waals surface area (Å²) in [5.41, 5.74) is 7.32. The van der Waals surface area contributed by atoms with Gasteiger partial charge in [0.25, 0.3) is 0 Å². The fourth-order valence-electron chi connectivity index (χ4n) is 2.40. The smallest absolute Gasteiger partial charge is 0.137 e. The number of hydrogen-bond acceptors (Lipinski definition) is 2. The van der Waals surface area contributed by atoms with Gasteiger partial charge >= 0.3 is 0 Å². The summed E-state index contributed by atoms with van der Waals surface area (Å²) in [5, 5.41) is 0.639. The summed E-state index contributed by atoms with van der Waals surface area (Å²) in [7, 11) is 1.62. The summed E-state index contributed by atoms with van der Waals surface area (Å²) in [6, 6.07) is 5.90. The molecule has 0 saturated carbocycles. The highest BCUT2D eigenvalue weighted by molar-refractivity contribution is 6.32. The standard InChI is InChI=1S/C17H28ClNO/c1-3-4-5-6-7-8-9-10-16(19)14-11-12-17(20-2)15(18)13-14/h11-13,16H,3-10,19H2,1-2H3. The van der Waals surface area contributed by atoms with Crippen LogP contribution in [0.5, 0.6) is 5.75 Å². The topological polar surface area (TPSA) is 35.2 Å². The Balaban J connectivity index is 2.25. The minimum absolute atomic E-state index is 0.0778. The third-order valence-electron chi connectivity index (χ3n) is 3.72. The average Bonchev–Trinajstić information content (AvgIpc) is 2.46. The minimum Gasteiger partial charge on any atom is -0.495 e. The van der Waals surface area contributed by atoms with E-state index in [1.807, 2.05) is 18.2 Å². The average molecular weight is 298 g/mol. The zero-order valence-corrected chi connectivity index (χ0v) is 13.6. The third-order valence-corrected chi connectivity index (χ3v) is 4.02. The van der Waals surface area contributed by atoms with Crippen LogP contribution in [0.2, 0.25) is 5.02 Å². The lowest BCUT2D eigenvalue weighted by Gasteiger charge is -2.13. The first kappa shape index (κ1) is 17.3. The molecule has 1 aromatic carbocycles. The van der Waals surface area contributed by atoms with E-state index in [1.165, 1.54) is 44.9 Å². The van der Waals surface area contributed by atoms with Crippen LogP contribution in [-0.2, 0) is 0 Å². The van der Waals surface area contributed by atoms with Gasteiger partial charge in [0, 0.05) is 6.04 Å². The predicted octanol–water partition coefficient (Wildman–Crippen LogP) is 5.49. The molecule has 0 amide bonds. The number of methoxy groups -OCH3 is 1. The Bertz CT molecular complexity index is 381. The molecular formula is C17H28ClNO. The van der Waals surface area contributed by atoms with Crippen molar-refractivity contribution in [1.82, 2.24) is 0 Å². The molecule has 0 bridgehead atoms. The molecule has 1 atom stereocenters. The molecule has 0 aliphatic heterocycles. The van der Waals surface area contributed by atoms with E-state index in [4.69, 9.17) is 22.1 Å². The van der Waals surface area contributed by atoms with Crippen LogP contribution >= 0.6 is 11.6 Å². The largest absolute Gasteiger partial charge is 0.495 e. The van der Waals surface area contributed by atoms with Crippen molar-refractivity contribution < 1.29 is 4.74 Å². The Morgan fingerprint density at radius 2 is 1.75 bits per heavy atom. The number of hydrogen-bond donors (Lipinski definition) is 1. The monoisotopic (exact) mass is 297 g/mol. The number of rotatable bonds is 10. The summed E-state index contributed by atoms with van der Waals surface area (Å²) >= 11 is 6.13. The Kier molecular flexibility index (Phi) is 8.72. The second kappa shape index (κ2) is 10.1. The van der Waals surface area contributed by atoms with Gasteiger partial charge in [0.15, 0.2) is 0 Å². The van der Waals surface area contributed by atoms with Crippen molar-refractivity contribution in [2.45, 2.75) is 64.3 Å². The van der Waals surface area contributed by atoms with E-state index in [0.717, 1.165) is 12.0 Å². The number of nitrogens with two attached hydrogens (primary N) is 1. The quantitative estimate of drug-likeness (QED) is 0.580. The first-order valence-corrected chi connectivity index (χ1v) is 8.15. The minimum atomic E-state index is 0.0778. The van der Waals surface area contributed by atoms with Gasteiger partial charge in [0.2, 0.25) is 0 Å². The van der Waals surface area contributed by atoms with Crippen LogP contribution in [0, 0.1) is 0 Å². The Labute approximate surface area is 128 Å². The maximum absolute atomic E-state index is 6.22. The van der Waals surface area contributed by atoms with E-state index in [0.29, 0.717) is 10.8 Å². The van der Waals surface area contributed by atoms with Gasteiger partial charge in [0.05, 0.1) is 12.1 Å². The SMILES string of the molecule is CCCCCCCCCC(N)c1ccc(OC)c(Cl)c1. The highest BCUT2D eigenvalue weighted by atomic mass is 35.5. The molecule has 0 saturated heterocycles. The molecule has 0 heterocycles. The van der Waals surface area contributed by atoms with E-state index in [-0.39, 0.29) is 6.04 Å². The highest BCUT2D eigenvalue weighted by Gasteiger charge is 2.08. The zero-order valence-electron chi connectivity index (χ0n) is 12.8. The first-order chi connectivity index (χ1) is 9.69. The third kappa shape index (κ3) is 6.15. The van der Waals surface area contributed by atoms with Gasteiger partial charge in [-0.25, -0.2) is 0 Å². The summed E-state index contributed by atoms with van der Waals surface area (Å²) in [4.78, 5) is 0. The van der Waals surface area contributed by atoms with Gasteiger partial charge in [-0.3, -0.25) is 0 Å². The molecule has 2 nitrogen and oxygen atoms in total. The van der Waals surface area contributed by atoms with Crippen LogP contribution in [0.1, 0.15) is 69.9 Å². The molecule has 2 N–H and O–H groups in total. The molecule has 1 unspecified atom stereocenters. The summed E-state index contributed by atoms with van der Waals surface area (Å²) in [6.45, 7) is 2.25. The predicted molar refractivity (Wildman–Crippen MR) is 87.5 cm³/mol. The lowest BCUT2D eigenvalue weighted by Crippen LogP contribution is -2.10. The van der Waals surface area contributed by atoms with Gasteiger partial charge in [-0.15, -0.1) is 0 Å². The van der Waals surface area contributed by atoms with E-state index >= 15 is 0 Å². The van der Waals surface area contributed by atoms with Crippen molar-refractivity contribution in [3.63, 3.8) is 0 Å². The van der Waals surface area contributed by atoms with E-state index in [1.54, 1.807) is 7.11 Å².